The molecule has 0 spiro atoms. The average molecular weight is 344 g/mol. The molecule has 3 rings (SSSR count). The zero-order chi connectivity index (χ0) is 17.1. The van der Waals surface area contributed by atoms with Gasteiger partial charge in [0.25, 0.3) is 5.89 Å². The SMILES string of the molecule is Cc1ccccc1-c1nc(C[S@@](=O)[C@H](C)c2ccc(F)cc2)no1. The Hall–Kier alpha value is -2.34. The van der Waals surface area contributed by atoms with Crippen LogP contribution in [0.1, 0.15) is 29.1 Å². The standard InChI is InChI=1S/C18H17FN2O2S/c1-12-5-3-4-6-16(12)18-20-17(21-23-18)11-24(22)13(2)14-7-9-15(19)10-8-14/h3-10,13H,11H2,1-2H3/t13-,24-/m1/s1. The topological polar surface area (TPSA) is 56.0 Å². The van der Waals surface area contributed by atoms with Crippen molar-refractivity contribution >= 4 is 10.8 Å². The van der Waals surface area contributed by atoms with Crippen LogP contribution in [0.5, 0.6) is 0 Å². The molecule has 2 aromatic carbocycles. The van der Waals surface area contributed by atoms with Gasteiger partial charge in [-0.05, 0) is 43.2 Å². The molecule has 0 aliphatic carbocycles. The van der Waals surface area contributed by atoms with Crippen molar-refractivity contribution in [3.05, 3.63) is 71.3 Å². The molecule has 0 aliphatic heterocycles. The summed E-state index contributed by atoms with van der Waals surface area (Å²) in [5, 5.41) is 3.68. The molecule has 2 atom stereocenters. The molecule has 1 aromatic heterocycles. The van der Waals surface area contributed by atoms with Gasteiger partial charge in [0.05, 0.1) is 11.0 Å². The molecule has 0 bridgehead atoms. The first-order valence-corrected chi connectivity index (χ1v) is 8.94. The van der Waals surface area contributed by atoms with Crippen LogP contribution in [0.2, 0.25) is 0 Å². The lowest BCUT2D eigenvalue weighted by molar-refractivity contribution is 0.424. The molecule has 0 radical (unpaired) electrons. The Balaban J connectivity index is 1.73. The molecule has 24 heavy (non-hydrogen) atoms. The first-order valence-electron chi connectivity index (χ1n) is 7.56. The maximum atomic E-state index is 13.0. The van der Waals surface area contributed by atoms with Crippen LogP contribution in [0.25, 0.3) is 11.5 Å². The molecule has 0 fully saturated rings. The third-order valence-electron chi connectivity index (χ3n) is 3.85. The summed E-state index contributed by atoms with van der Waals surface area (Å²) in [6.07, 6.45) is 0. The van der Waals surface area contributed by atoms with E-state index in [9.17, 15) is 8.60 Å². The molecular formula is C18H17FN2O2S. The fourth-order valence-electron chi connectivity index (χ4n) is 2.37. The molecule has 4 nitrogen and oxygen atoms in total. The van der Waals surface area contributed by atoms with Crippen molar-refractivity contribution in [3.8, 4) is 11.5 Å². The Morgan fingerprint density at radius 2 is 1.88 bits per heavy atom. The van der Waals surface area contributed by atoms with E-state index >= 15 is 0 Å². The lowest BCUT2D eigenvalue weighted by Crippen LogP contribution is -2.06. The predicted molar refractivity (Wildman–Crippen MR) is 91.1 cm³/mol. The lowest BCUT2D eigenvalue weighted by Gasteiger charge is -2.10. The molecule has 1 heterocycles. The zero-order valence-electron chi connectivity index (χ0n) is 13.4. The van der Waals surface area contributed by atoms with Crippen LogP contribution in [0.15, 0.2) is 53.1 Å². The largest absolute Gasteiger partial charge is 0.334 e. The zero-order valence-corrected chi connectivity index (χ0v) is 14.2. The second-order valence-electron chi connectivity index (χ2n) is 5.55. The van der Waals surface area contributed by atoms with Crippen LogP contribution >= 0.6 is 0 Å². The normalized spacial score (nSPS) is 13.6. The van der Waals surface area contributed by atoms with Crippen molar-refractivity contribution in [1.29, 1.82) is 0 Å². The summed E-state index contributed by atoms with van der Waals surface area (Å²) in [5.41, 5.74) is 2.72. The minimum atomic E-state index is -1.23. The van der Waals surface area contributed by atoms with Crippen molar-refractivity contribution in [2.24, 2.45) is 0 Å². The molecule has 0 unspecified atom stereocenters. The van der Waals surface area contributed by atoms with Crippen molar-refractivity contribution < 1.29 is 13.1 Å². The fraction of sp³-hybridized carbons (Fsp3) is 0.222. The lowest BCUT2D eigenvalue weighted by atomic mass is 10.1. The maximum Gasteiger partial charge on any atom is 0.258 e. The molecular weight excluding hydrogens is 327 g/mol. The van der Waals surface area contributed by atoms with Gasteiger partial charge in [-0.15, -0.1) is 0 Å². The third kappa shape index (κ3) is 3.59. The second kappa shape index (κ2) is 7.05. The van der Waals surface area contributed by atoms with Crippen LogP contribution in [-0.4, -0.2) is 14.3 Å². The van der Waals surface area contributed by atoms with Gasteiger partial charge in [-0.25, -0.2) is 4.39 Å². The minimum Gasteiger partial charge on any atom is -0.334 e. The van der Waals surface area contributed by atoms with Gasteiger partial charge >= 0.3 is 0 Å². The number of hydrogen-bond donors (Lipinski definition) is 0. The van der Waals surface area contributed by atoms with E-state index in [4.69, 9.17) is 4.52 Å². The summed E-state index contributed by atoms with van der Waals surface area (Å²) in [4.78, 5) is 4.34. The van der Waals surface area contributed by atoms with Gasteiger partial charge < -0.3 is 4.52 Å². The number of aromatic nitrogens is 2. The predicted octanol–water partition coefficient (Wildman–Crippen LogP) is 4.19. The first-order chi connectivity index (χ1) is 11.5. The Morgan fingerprint density at radius 1 is 1.17 bits per heavy atom. The summed E-state index contributed by atoms with van der Waals surface area (Å²) in [7, 11) is -1.23. The number of rotatable bonds is 5. The molecule has 0 amide bonds. The molecule has 0 saturated heterocycles. The molecule has 0 N–H and O–H groups in total. The van der Waals surface area contributed by atoms with Gasteiger partial charge in [0, 0.05) is 16.4 Å². The monoisotopic (exact) mass is 344 g/mol. The summed E-state index contributed by atoms with van der Waals surface area (Å²) in [6.45, 7) is 3.81. The molecule has 0 aliphatic rings. The van der Waals surface area contributed by atoms with Crippen molar-refractivity contribution in [1.82, 2.24) is 10.1 Å². The van der Waals surface area contributed by atoms with E-state index in [-0.39, 0.29) is 16.8 Å². The van der Waals surface area contributed by atoms with Gasteiger partial charge in [0.15, 0.2) is 5.82 Å². The van der Waals surface area contributed by atoms with E-state index in [2.05, 4.69) is 10.1 Å². The molecule has 0 saturated carbocycles. The van der Waals surface area contributed by atoms with Crippen molar-refractivity contribution in [2.75, 3.05) is 0 Å². The highest BCUT2D eigenvalue weighted by atomic mass is 32.2. The number of benzene rings is 2. The van der Waals surface area contributed by atoms with E-state index in [1.807, 2.05) is 38.1 Å². The summed E-state index contributed by atoms with van der Waals surface area (Å²) in [6, 6.07) is 13.7. The first kappa shape index (κ1) is 16.5. The number of nitrogens with zero attached hydrogens (tertiary/aromatic N) is 2. The third-order valence-corrected chi connectivity index (χ3v) is 5.45. The van der Waals surface area contributed by atoms with Gasteiger partial charge in [-0.1, -0.05) is 35.5 Å². The smallest absolute Gasteiger partial charge is 0.258 e. The van der Waals surface area contributed by atoms with E-state index in [1.165, 1.54) is 12.1 Å². The molecule has 124 valence electrons. The Labute approximate surface area is 142 Å². The van der Waals surface area contributed by atoms with Gasteiger partial charge in [-0.3, -0.25) is 4.21 Å². The van der Waals surface area contributed by atoms with E-state index in [1.54, 1.807) is 12.1 Å². The Kier molecular flexibility index (Phi) is 4.85. The maximum absolute atomic E-state index is 13.0. The second-order valence-corrected chi connectivity index (χ2v) is 7.31. The highest BCUT2D eigenvalue weighted by Gasteiger charge is 2.18. The van der Waals surface area contributed by atoms with Crippen LogP contribution in [0, 0.1) is 12.7 Å². The Morgan fingerprint density at radius 3 is 2.58 bits per heavy atom. The van der Waals surface area contributed by atoms with E-state index in [0.29, 0.717) is 11.7 Å². The number of aryl methyl sites for hydroxylation is 1. The van der Waals surface area contributed by atoms with E-state index in [0.717, 1.165) is 16.7 Å². The minimum absolute atomic E-state index is 0.188. The van der Waals surface area contributed by atoms with Gasteiger partial charge in [0.1, 0.15) is 5.82 Å². The molecule has 6 heteroatoms. The van der Waals surface area contributed by atoms with Crippen molar-refractivity contribution in [2.45, 2.75) is 24.9 Å². The highest BCUT2D eigenvalue weighted by molar-refractivity contribution is 7.84. The molecule has 3 aromatic rings. The quantitative estimate of drug-likeness (QED) is 0.696. The Bertz CT molecular complexity index is 861. The summed E-state index contributed by atoms with van der Waals surface area (Å²) >= 11 is 0. The number of halogens is 1. The van der Waals surface area contributed by atoms with Gasteiger partial charge in [0.2, 0.25) is 0 Å². The highest BCUT2D eigenvalue weighted by Crippen LogP contribution is 2.24. The van der Waals surface area contributed by atoms with Crippen molar-refractivity contribution in [3.63, 3.8) is 0 Å². The van der Waals surface area contributed by atoms with Crippen LogP contribution in [0.3, 0.4) is 0 Å². The average Bonchev–Trinajstić information content (AvgIpc) is 3.03. The van der Waals surface area contributed by atoms with Gasteiger partial charge in [-0.2, -0.15) is 4.98 Å². The van der Waals surface area contributed by atoms with Crippen LogP contribution in [-0.2, 0) is 16.6 Å². The number of hydrogen-bond acceptors (Lipinski definition) is 4. The van der Waals surface area contributed by atoms with E-state index < -0.39 is 10.8 Å². The van der Waals surface area contributed by atoms with Crippen LogP contribution in [0.4, 0.5) is 4.39 Å². The van der Waals surface area contributed by atoms with Crippen LogP contribution < -0.4 is 0 Å². The summed E-state index contributed by atoms with van der Waals surface area (Å²) < 4.78 is 30.8. The fourth-order valence-corrected chi connectivity index (χ4v) is 3.46. The summed E-state index contributed by atoms with van der Waals surface area (Å²) in [5.74, 6) is 0.710.